The molecular weight excluding hydrogens is 424 g/mol. The van der Waals surface area contributed by atoms with Crippen LogP contribution in [0.5, 0.6) is 0 Å². The number of ether oxygens (including phenoxy) is 2. The van der Waals surface area contributed by atoms with E-state index in [1.807, 2.05) is 24.3 Å². The zero-order valence-corrected chi connectivity index (χ0v) is 18.7. The number of aliphatic carboxylic acids is 1. The summed E-state index contributed by atoms with van der Waals surface area (Å²) in [4.78, 5) is 37.2. The molecule has 174 valence electrons. The first-order valence-corrected chi connectivity index (χ1v) is 11.1. The van der Waals surface area contributed by atoms with Gasteiger partial charge in [-0.25, -0.2) is 9.59 Å². The van der Waals surface area contributed by atoms with E-state index >= 15 is 0 Å². The summed E-state index contributed by atoms with van der Waals surface area (Å²) < 4.78 is 11.2. The monoisotopic (exact) mass is 452 g/mol. The van der Waals surface area contributed by atoms with E-state index in [9.17, 15) is 14.4 Å². The third-order valence-electron chi connectivity index (χ3n) is 6.53. The first-order valence-electron chi connectivity index (χ1n) is 11.1. The van der Waals surface area contributed by atoms with Crippen LogP contribution in [-0.4, -0.2) is 66.9 Å². The second-order valence-corrected chi connectivity index (χ2v) is 8.56. The van der Waals surface area contributed by atoms with E-state index in [0.717, 1.165) is 11.1 Å². The number of benzene rings is 2. The molecule has 8 heteroatoms. The Labute approximate surface area is 192 Å². The molecule has 2 aliphatic rings. The molecule has 33 heavy (non-hydrogen) atoms. The molecule has 1 heterocycles. The fourth-order valence-corrected chi connectivity index (χ4v) is 4.51. The van der Waals surface area contributed by atoms with Gasteiger partial charge in [-0.3, -0.25) is 4.79 Å². The van der Waals surface area contributed by atoms with Crippen molar-refractivity contribution in [2.24, 2.45) is 5.92 Å². The van der Waals surface area contributed by atoms with E-state index in [1.165, 1.54) is 30.0 Å². The summed E-state index contributed by atoms with van der Waals surface area (Å²) in [6.45, 7) is 2.11. The summed E-state index contributed by atoms with van der Waals surface area (Å²) in [5, 5.41) is 11.8. The number of fused-ring (bicyclic) bond motifs is 3. The minimum Gasteiger partial charge on any atom is -0.480 e. The van der Waals surface area contributed by atoms with Gasteiger partial charge in [-0.15, -0.1) is 0 Å². The molecule has 2 amide bonds. The molecule has 1 aliphatic carbocycles. The third-order valence-corrected chi connectivity index (χ3v) is 6.53. The highest BCUT2D eigenvalue weighted by Gasteiger charge is 2.35. The highest BCUT2D eigenvalue weighted by atomic mass is 16.5. The second kappa shape index (κ2) is 9.62. The maximum Gasteiger partial charge on any atom is 0.407 e. The van der Waals surface area contributed by atoms with Crippen LogP contribution in [0, 0.1) is 5.92 Å². The number of nitrogens with one attached hydrogen (secondary N) is 1. The summed E-state index contributed by atoms with van der Waals surface area (Å²) in [6, 6.07) is 15.4. The molecule has 0 saturated carbocycles. The van der Waals surface area contributed by atoms with E-state index in [1.54, 1.807) is 0 Å². The van der Waals surface area contributed by atoms with Gasteiger partial charge in [0.05, 0.1) is 18.6 Å². The molecule has 2 aromatic carbocycles. The van der Waals surface area contributed by atoms with Crippen molar-refractivity contribution < 1.29 is 29.0 Å². The van der Waals surface area contributed by atoms with Crippen LogP contribution in [0.15, 0.2) is 48.5 Å². The lowest BCUT2D eigenvalue weighted by Crippen LogP contribution is -2.43. The number of hydrogen-bond acceptors (Lipinski definition) is 5. The van der Waals surface area contributed by atoms with E-state index in [4.69, 9.17) is 14.6 Å². The zero-order valence-electron chi connectivity index (χ0n) is 18.7. The predicted molar refractivity (Wildman–Crippen MR) is 121 cm³/mol. The van der Waals surface area contributed by atoms with Gasteiger partial charge in [-0.1, -0.05) is 48.5 Å². The number of alkyl carbamates (subject to hydrolysis) is 1. The van der Waals surface area contributed by atoms with Crippen molar-refractivity contribution in [3.05, 3.63) is 59.7 Å². The Balaban J connectivity index is 1.26. The van der Waals surface area contributed by atoms with Gasteiger partial charge in [-0.05, 0) is 35.6 Å². The predicted octanol–water partition coefficient (Wildman–Crippen LogP) is 2.86. The lowest BCUT2D eigenvalue weighted by Gasteiger charge is -2.24. The number of hydrogen-bond donors (Lipinski definition) is 2. The van der Waals surface area contributed by atoms with Crippen LogP contribution in [0.2, 0.25) is 0 Å². The zero-order chi connectivity index (χ0) is 23.5. The van der Waals surface area contributed by atoms with Crippen LogP contribution in [-0.2, 0) is 19.1 Å². The molecule has 0 radical (unpaired) electrons. The lowest BCUT2D eigenvalue weighted by atomic mass is 9.98. The number of nitrogens with zero attached hydrogens (tertiary/aromatic N) is 1. The van der Waals surface area contributed by atoms with Crippen LogP contribution in [0.1, 0.15) is 30.4 Å². The molecule has 2 unspecified atom stereocenters. The Morgan fingerprint density at radius 1 is 1.12 bits per heavy atom. The number of carboxylic acids is 1. The van der Waals surface area contributed by atoms with E-state index < -0.39 is 24.0 Å². The molecule has 0 spiro atoms. The van der Waals surface area contributed by atoms with E-state index in [2.05, 4.69) is 29.6 Å². The topological polar surface area (TPSA) is 105 Å². The third kappa shape index (κ3) is 4.71. The quantitative estimate of drug-likeness (QED) is 0.669. The molecule has 1 saturated heterocycles. The van der Waals surface area contributed by atoms with Gasteiger partial charge in [-0.2, -0.15) is 0 Å². The lowest BCUT2D eigenvalue weighted by molar-refractivity contribution is -0.149. The number of likely N-dealkylation sites (N-methyl/N-ethyl adjacent to an activating group) is 1. The van der Waals surface area contributed by atoms with Crippen molar-refractivity contribution >= 4 is 18.0 Å². The minimum absolute atomic E-state index is 0.0142. The molecule has 4 rings (SSSR count). The van der Waals surface area contributed by atoms with Gasteiger partial charge in [0.15, 0.2) is 0 Å². The number of carbonyl (C=O) groups is 3. The summed E-state index contributed by atoms with van der Waals surface area (Å²) in [6.07, 6.45) is -0.445. The SMILES string of the molecule is C[C@@H](C(=O)O)N(C)C(=O)C1COC(CNC(=O)OCC2c3ccccc3-c3ccccc32)C1. The number of carbonyl (C=O) groups excluding carboxylic acids is 2. The average Bonchev–Trinajstić information content (AvgIpc) is 3.43. The summed E-state index contributed by atoms with van der Waals surface area (Å²) in [5.74, 6) is -1.77. The summed E-state index contributed by atoms with van der Waals surface area (Å²) in [5.41, 5.74) is 4.62. The van der Waals surface area contributed by atoms with Gasteiger partial charge in [0.2, 0.25) is 5.91 Å². The standard InChI is InChI=1S/C25H28N2O6/c1-15(24(29)30)27(2)23(28)16-11-17(32-13-16)12-26-25(31)33-14-22-20-9-5-3-7-18(20)19-8-4-6-10-21(19)22/h3-10,15-17,22H,11-14H2,1-2H3,(H,26,31)(H,29,30)/t15-,16?,17?/m0/s1. The van der Waals surface area contributed by atoms with Crippen LogP contribution in [0.4, 0.5) is 4.79 Å². The van der Waals surface area contributed by atoms with Crippen LogP contribution in [0.3, 0.4) is 0 Å². The highest BCUT2D eigenvalue weighted by molar-refractivity contribution is 5.85. The number of amides is 2. The fraction of sp³-hybridized carbons (Fsp3) is 0.400. The van der Waals surface area contributed by atoms with Gasteiger partial charge >= 0.3 is 12.1 Å². The molecule has 8 nitrogen and oxygen atoms in total. The summed E-state index contributed by atoms with van der Waals surface area (Å²) in [7, 11) is 1.48. The van der Waals surface area contributed by atoms with Crippen molar-refractivity contribution in [2.75, 3.05) is 26.8 Å². The largest absolute Gasteiger partial charge is 0.480 e. The Bertz CT molecular complexity index is 1010. The smallest absolute Gasteiger partial charge is 0.407 e. The van der Waals surface area contributed by atoms with Gasteiger partial charge in [0, 0.05) is 19.5 Å². The van der Waals surface area contributed by atoms with Crippen molar-refractivity contribution in [3.63, 3.8) is 0 Å². The van der Waals surface area contributed by atoms with E-state index in [-0.39, 0.29) is 37.7 Å². The molecule has 0 aromatic heterocycles. The molecule has 1 aliphatic heterocycles. The molecule has 3 atom stereocenters. The van der Waals surface area contributed by atoms with Crippen molar-refractivity contribution in [1.82, 2.24) is 10.2 Å². The van der Waals surface area contributed by atoms with Crippen molar-refractivity contribution in [1.29, 1.82) is 0 Å². The first-order chi connectivity index (χ1) is 15.9. The Morgan fingerprint density at radius 2 is 1.73 bits per heavy atom. The van der Waals surface area contributed by atoms with Gasteiger partial charge in [0.1, 0.15) is 12.6 Å². The van der Waals surface area contributed by atoms with Crippen molar-refractivity contribution in [3.8, 4) is 11.1 Å². The molecular formula is C25H28N2O6. The minimum atomic E-state index is -1.06. The number of carboxylic acid groups (broad SMARTS) is 1. The maximum atomic E-state index is 12.5. The maximum absolute atomic E-state index is 12.5. The van der Waals surface area contributed by atoms with Gasteiger partial charge < -0.3 is 24.8 Å². The van der Waals surface area contributed by atoms with E-state index in [0.29, 0.717) is 6.42 Å². The van der Waals surface area contributed by atoms with Gasteiger partial charge in [0.25, 0.3) is 0 Å². The van der Waals surface area contributed by atoms with Crippen LogP contribution in [0.25, 0.3) is 11.1 Å². The summed E-state index contributed by atoms with van der Waals surface area (Å²) >= 11 is 0. The molecule has 2 aromatic rings. The fourth-order valence-electron chi connectivity index (χ4n) is 4.51. The Kier molecular flexibility index (Phi) is 6.65. The number of rotatable bonds is 7. The highest BCUT2D eigenvalue weighted by Crippen LogP contribution is 2.44. The molecule has 2 N–H and O–H groups in total. The van der Waals surface area contributed by atoms with Crippen LogP contribution >= 0.6 is 0 Å². The average molecular weight is 453 g/mol. The van der Waals surface area contributed by atoms with Crippen LogP contribution < -0.4 is 5.32 Å². The Hall–Kier alpha value is -3.39. The first kappa shape index (κ1) is 22.8. The Morgan fingerprint density at radius 3 is 2.33 bits per heavy atom. The molecule has 1 fully saturated rings. The van der Waals surface area contributed by atoms with Crippen molar-refractivity contribution in [2.45, 2.75) is 31.4 Å². The normalized spacial score (nSPS) is 19.9. The molecule has 0 bridgehead atoms. The second-order valence-electron chi connectivity index (χ2n) is 8.56.